The molecule has 3 heteroatoms. The Balaban J connectivity index is 2.92. The molecule has 0 bridgehead atoms. The highest BCUT2D eigenvalue weighted by Gasteiger charge is 2.07. The van der Waals surface area contributed by atoms with Crippen molar-refractivity contribution in [2.45, 2.75) is 6.92 Å². The van der Waals surface area contributed by atoms with Crippen molar-refractivity contribution in [3.8, 4) is 0 Å². The second-order valence-corrected chi connectivity index (χ2v) is 2.61. The van der Waals surface area contributed by atoms with E-state index in [9.17, 15) is 9.18 Å². The van der Waals surface area contributed by atoms with Gasteiger partial charge in [0.15, 0.2) is 0 Å². The Hall–Kier alpha value is -1.38. The minimum atomic E-state index is -0.309. The number of halogens is 1. The van der Waals surface area contributed by atoms with Crippen LogP contribution in [0.2, 0.25) is 0 Å². The monoisotopic (exact) mass is 180 g/mol. The van der Waals surface area contributed by atoms with Crippen molar-refractivity contribution in [2.24, 2.45) is 0 Å². The number of benzene rings is 1. The second-order valence-electron chi connectivity index (χ2n) is 2.61. The molecule has 0 aliphatic rings. The Morgan fingerprint density at radius 3 is 2.38 bits per heavy atom. The summed E-state index contributed by atoms with van der Waals surface area (Å²) in [4.78, 5) is 12.5. The molecule has 0 heterocycles. The number of carbonyl (C=O) groups is 1. The number of carbonyl (C=O) groups excluding carboxylic acids is 1. The Kier molecular flexibility index (Phi) is 3.01. The number of amides is 1. The maximum atomic E-state index is 12.5. The highest BCUT2D eigenvalue weighted by Crippen LogP contribution is 2.14. The lowest BCUT2D eigenvalue weighted by atomic mass is 10.3. The summed E-state index contributed by atoms with van der Waals surface area (Å²) >= 11 is 0. The lowest BCUT2D eigenvalue weighted by Gasteiger charge is -2.18. The lowest BCUT2D eigenvalue weighted by molar-refractivity contribution is -0.114. The third-order valence-corrected chi connectivity index (χ3v) is 1.76. The van der Waals surface area contributed by atoms with E-state index in [2.05, 4.69) is 6.92 Å². The molecule has 0 spiro atoms. The van der Waals surface area contributed by atoms with Gasteiger partial charge < -0.3 is 4.90 Å². The summed E-state index contributed by atoms with van der Waals surface area (Å²) in [7, 11) is 0. The first-order chi connectivity index (χ1) is 6.15. The van der Waals surface area contributed by atoms with Crippen molar-refractivity contribution in [3.05, 3.63) is 37.0 Å². The molecule has 0 aliphatic heterocycles. The SMILES string of the molecule is [CH2]C(=O)N(CC)c1ccc(F)cc1. The summed E-state index contributed by atoms with van der Waals surface area (Å²) in [5.74, 6) is -0.592. The Labute approximate surface area is 77.0 Å². The third kappa shape index (κ3) is 2.28. The van der Waals surface area contributed by atoms with Crippen LogP contribution in [0, 0.1) is 12.7 Å². The van der Waals surface area contributed by atoms with Crippen LogP contribution in [0.25, 0.3) is 0 Å². The molecular formula is C10H11FNO. The largest absolute Gasteiger partial charge is 0.313 e. The van der Waals surface area contributed by atoms with E-state index in [1.54, 1.807) is 12.1 Å². The number of hydrogen-bond donors (Lipinski definition) is 0. The zero-order valence-electron chi connectivity index (χ0n) is 7.46. The van der Waals surface area contributed by atoms with Gasteiger partial charge in [-0.05, 0) is 31.2 Å². The highest BCUT2D eigenvalue weighted by molar-refractivity contribution is 5.96. The molecule has 1 aromatic rings. The fraction of sp³-hybridized carbons (Fsp3) is 0.200. The molecule has 0 N–H and O–H groups in total. The van der Waals surface area contributed by atoms with E-state index in [4.69, 9.17) is 0 Å². The van der Waals surface area contributed by atoms with Crippen molar-refractivity contribution in [1.82, 2.24) is 0 Å². The fourth-order valence-electron chi connectivity index (χ4n) is 1.12. The smallest absolute Gasteiger partial charge is 0.227 e. The fourth-order valence-corrected chi connectivity index (χ4v) is 1.12. The topological polar surface area (TPSA) is 20.3 Å². The number of anilines is 1. The second kappa shape index (κ2) is 4.03. The van der Waals surface area contributed by atoms with Crippen LogP contribution in [-0.2, 0) is 4.79 Å². The summed E-state index contributed by atoms with van der Waals surface area (Å²) < 4.78 is 12.5. The Morgan fingerprint density at radius 1 is 1.46 bits per heavy atom. The van der Waals surface area contributed by atoms with Gasteiger partial charge in [0.05, 0.1) is 0 Å². The predicted octanol–water partition coefficient (Wildman–Crippen LogP) is 2.01. The van der Waals surface area contributed by atoms with Gasteiger partial charge in [-0.3, -0.25) is 4.79 Å². The summed E-state index contributed by atoms with van der Waals surface area (Å²) in [6, 6.07) is 5.76. The van der Waals surface area contributed by atoms with Crippen LogP contribution >= 0.6 is 0 Å². The van der Waals surface area contributed by atoms with E-state index in [-0.39, 0.29) is 11.7 Å². The Bertz CT molecular complexity index is 294. The maximum absolute atomic E-state index is 12.5. The van der Waals surface area contributed by atoms with Gasteiger partial charge in [0.2, 0.25) is 5.91 Å². The van der Waals surface area contributed by atoms with E-state index in [0.717, 1.165) is 0 Å². The molecule has 0 saturated carbocycles. The van der Waals surface area contributed by atoms with Gasteiger partial charge in [0, 0.05) is 19.2 Å². The zero-order chi connectivity index (χ0) is 9.84. The van der Waals surface area contributed by atoms with Gasteiger partial charge in [-0.1, -0.05) is 0 Å². The average Bonchev–Trinajstić information content (AvgIpc) is 2.09. The number of hydrogen-bond acceptors (Lipinski definition) is 1. The van der Waals surface area contributed by atoms with Crippen LogP contribution in [-0.4, -0.2) is 12.5 Å². The standard InChI is InChI=1S/C10H11FNO/c1-3-12(8(2)13)10-6-4-9(11)5-7-10/h4-7H,2-3H2,1H3. The van der Waals surface area contributed by atoms with E-state index in [0.29, 0.717) is 12.2 Å². The first-order valence-electron chi connectivity index (χ1n) is 4.04. The normalized spacial score (nSPS) is 9.77. The number of rotatable bonds is 2. The van der Waals surface area contributed by atoms with E-state index < -0.39 is 0 Å². The van der Waals surface area contributed by atoms with Crippen LogP contribution in [0.3, 0.4) is 0 Å². The minimum absolute atomic E-state index is 0.283. The molecule has 69 valence electrons. The maximum Gasteiger partial charge on any atom is 0.227 e. The van der Waals surface area contributed by atoms with Gasteiger partial charge in [0.1, 0.15) is 5.82 Å². The van der Waals surface area contributed by atoms with Gasteiger partial charge in [0.25, 0.3) is 0 Å². The van der Waals surface area contributed by atoms with Crippen molar-refractivity contribution in [1.29, 1.82) is 0 Å². The van der Waals surface area contributed by atoms with Gasteiger partial charge in [-0.15, -0.1) is 0 Å². The highest BCUT2D eigenvalue weighted by atomic mass is 19.1. The molecule has 0 unspecified atom stereocenters. The van der Waals surface area contributed by atoms with Crippen molar-refractivity contribution >= 4 is 11.6 Å². The summed E-state index contributed by atoms with van der Waals surface area (Å²) in [6.07, 6.45) is 0. The van der Waals surface area contributed by atoms with E-state index >= 15 is 0 Å². The van der Waals surface area contributed by atoms with Crippen LogP contribution in [0.15, 0.2) is 24.3 Å². The summed E-state index contributed by atoms with van der Waals surface area (Å²) in [6.45, 7) is 5.68. The van der Waals surface area contributed by atoms with Crippen LogP contribution in [0.4, 0.5) is 10.1 Å². The first-order valence-corrected chi connectivity index (χ1v) is 4.04. The molecule has 1 radical (unpaired) electrons. The predicted molar refractivity (Wildman–Crippen MR) is 49.8 cm³/mol. The zero-order valence-corrected chi connectivity index (χ0v) is 7.46. The molecule has 0 saturated heterocycles. The quantitative estimate of drug-likeness (QED) is 0.681. The molecule has 13 heavy (non-hydrogen) atoms. The number of nitrogens with zero attached hydrogens (tertiary/aromatic N) is 1. The lowest BCUT2D eigenvalue weighted by Crippen LogP contribution is -2.27. The molecule has 0 atom stereocenters. The van der Waals surface area contributed by atoms with Crippen LogP contribution < -0.4 is 4.90 Å². The molecule has 0 aromatic heterocycles. The molecule has 0 aliphatic carbocycles. The summed E-state index contributed by atoms with van der Waals surface area (Å²) in [5, 5.41) is 0. The average molecular weight is 180 g/mol. The molecule has 2 nitrogen and oxygen atoms in total. The van der Waals surface area contributed by atoms with Crippen LogP contribution in [0.1, 0.15) is 6.92 Å². The third-order valence-electron chi connectivity index (χ3n) is 1.76. The minimum Gasteiger partial charge on any atom is -0.313 e. The van der Waals surface area contributed by atoms with Crippen molar-refractivity contribution in [3.63, 3.8) is 0 Å². The van der Waals surface area contributed by atoms with Crippen molar-refractivity contribution in [2.75, 3.05) is 11.4 Å². The van der Waals surface area contributed by atoms with E-state index in [1.807, 2.05) is 6.92 Å². The van der Waals surface area contributed by atoms with Crippen LogP contribution in [0.5, 0.6) is 0 Å². The molecule has 1 aromatic carbocycles. The van der Waals surface area contributed by atoms with Crippen molar-refractivity contribution < 1.29 is 9.18 Å². The summed E-state index contributed by atoms with van der Waals surface area (Å²) in [5.41, 5.74) is 0.670. The van der Waals surface area contributed by atoms with Gasteiger partial charge in [-0.25, -0.2) is 4.39 Å². The molecule has 1 amide bonds. The van der Waals surface area contributed by atoms with E-state index in [1.165, 1.54) is 17.0 Å². The molecular weight excluding hydrogens is 169 g/mol. The Morgan fingerprint density at radius 2 is 2.00 bits per heavy atom. The van der Waals surface area contributed by atoms with Gasteiger partial charge in [-0.2, -0.15) is 0 Å². The molecule has 0 fully saturated rings. The van der Waals surface area contributed by atoms with Gasteiger partial charge >= 0.3 is 0 Å². The first kappa shape index (κ1) is 9.71. The molecule has 1 rings (SSSR count).